The second-order valence-electron chi connectivity index (χ2n) is 4.32. The lowest BCUT2D eigenvalue weighted by atomic mass is 9.99. The minimum Gasteiger partial charge on any atom is -0.381 e. The second-order valence-corrected chi connectivity index (χ2v) is 4.32. The molecule has 2 heterocycles. The molecule has 0 radical (unpaired) electrons. The number of anilines is 1. The van der Waals surface area contributed by atoms with Crippen LogP contribution in [0.15, 0.2) is 18.3 Å². The fourth-order valence-electron chi connectivity index (χ4n) is 2.09. The number of pyridine rings is 1. The average molecular weight is 205 g/mol. The molecule has 2 unspecified atom stereocenters. The van der Waals surface area contributed by atoms with Gasteiger partial charge in [0, 0.05) is 29.7 Å². The summed E-state index contributed by atoms with van der Waals surface area (Å²) in [5.41, 5.74) is 2.25. The number of nitrogens with zero attached hydrogens (tertiary/aromatic N) is 1. The summed E-state index contributed by atoms with van der Waals surface area (Å²) in [6, 6.07) is 5.23. The normalized spacial score (nSPS) is 26.3. The van der Waals surface area contributed by atoms with Crippen molar-refractivity contribution < 1.29 is 0 Å². The van der Waals surface area contributed by atoms with Crippen molar-refractivity contribution in [2.45, 2.75) is 38.8 Å². The van der Waals surface area contributed by atoms with E-state index in [0.717, 1.165) is 12.2 Å². The molecule has 1 aliphatic rings. The van der Waals surface area contributed by atoms with Crippen molar-refractivity contribution in [2.24, 2.45) is 0 Å². The number of hydrogen-bond donors (Lipinski definition) is 2. The predicted molar refractivity (Wildman–Crippen MR) is 63.1 cm³/mol. The Bertz CT molecular complexity index is 324. The zero-order valence-electron chi connectivity index (χ0n) is 9.46. The lowest BCUT2D eigenvalue weighted by Gasteiger charge is -2.31. The molecular weight excluding hydrogens is 186 g/mol. The van der Waals surface area contributed by atoms with Gasteiger partial charge in [-0.1, -0.05) is 0 Å². The molecule has 1 aromatic heterocycles. The summed E-state index contributed by atoms with van der Waals surface area (Å²) in [7, 11) is 0. The quantitative estimate of drug-likeness (QED) is 0.774. The maximum atomic E-state index is 4.20. The average Bonchev–Trinajstić information content (AvgIpc) is 2.22. The summed E-state index contributed by atoms with van der Waals surface area (Å²) >= 11 is 0. The molecule has 0 amide bonds. The van der Waals surface area contributed by atoms with Gasteiger partial charge in [-0.05, 0) is 45.4 Å². The van der Waals surface area contributed by atoms with Crippen molar-refractivity contribution in [3.8, 4) is 0 Å². The first-order valence-electron chi connectivity index (χ1n) is 5.68. The van der Waals surface area contributed by atoms with Crippen LogP contribution in [-0.2, 0) is 0 Å². The fraction of sp³-hybridized carbons (Fsp3) is 0.583. The third-order valence-electron chi connectivity index (χ3n) is 3.01. The fourth-order valence-corrected chi connectivity index (χ4v) is 2.09. The highest BCUT2D eigenvalue weighted by Gasteiger charge is 2.20. The van der Waals surface area contributed by atoms with Crippen LogP contribution < -0.4 is 10.6 Å². The first kappa shape index (κ1) is 10.4. The minimum absolute atomic E-state index is 0.542. The SMILES string of the molecule is Cc1cc(NC2CCCNC2C)ccn1. The number of rotatable bonds is 2. The first-order valence-corrected chi connectivity index (χ1v) is 5.68. The van der Waals surface area contributed by atoms with Gasteiger partial charge in [0.2, 0.25) is 0 Å². The standard InChI is InChI=1S/C12H19N3/c1-9-8-11(5-7-13-9)15-12-4-3-6-14-10(12)2/h5,7-8,10,12,14H,3-4,6H2,1-2H3,(H,13,15). The van der Waals surface area contributed by atoms with Crippen LogP contribution >= 0.6 is 0 Å². The Morgan fingerprint density at radius 3 is 3.13 bits per heavy atom. The van der Waals surface area contributed by atoms with Crippen LogP contribution in [0.4, 0.5) is 5.69 Å². The second kappa shape index (κ2) is 4.62. The molecule has 0 aromatic carbocycles. The lowest BCUT2D eigenvalue weighted by Crippen LogP contribution is -2.46. The van der Waals surface area contributed by atoms with Gasteiger partial charge < -0.3 is 10.6 Å². The van der Waals surface area contributed by atoms with E-state index in [1.807, 2.05) is 19.2 Å². The molecule has 0 spiro atoms. The molecule has 2 rings (SSSR count). The van der Waals surface area contributed by atoms with E-state index in [-0.39, 0.29) is 0 Å². The van der Waals surface area contributed by atoms with Gasteiger partial charge in [-0.3, -0.25) is 4.98 Å². The summed E-state index contributed by atoms with van der Waals surface area (Å²) in [5.74, 6) is 0. The van der Waals surface area contributed by atoms with Crippen molar-refractivity contribution in [3.05, 3.63) is 24.0 Å². The zero-order valence-corrected chi connectivity index (χ0v) is 9.46. The molecule has 0 bridgehead atoms. The molecule has 1 saturated heterocycles. The van der Waals surface area contributed by atoms with Crippen molar-refractivity contribution in [1.82, 2.24) is 10.3 Å². The van der Waals surface area contributed by atoms with Crippen LogP contribution in [0.3, 0.4) is 0 Å². The van der Waals surface area contributed by atoms with Crippen molar-refractivity contribution in [3.63, 3.8) is 0 Å². The van der Waals surface area contributed by atoms with E-state index in [9.17, 15) is 0 Å². The lowest BCUT2D eigenvalue weighted by molar-refractivity contribution is 0.389. The largest absolute Gasteiger partial charge is 0.381 e. The summed E-state index contributed by atoms with van der Waals surface area (Å²) in [5, 5.41) is 7.06. The van der Waals surface area contributed by atoms with Gasteiger partial charge in [-0.25, -0.2) is 0 Å². The van der Waals surface area contributed by atoms with Crippen LogP contribution in [0.2, 0.25) is 0 Å². The molecule has 1 aliphatic heterocycles. The summed E-state index contributed by atoms with van der Waals surface area (Å²) in [4.78, 5) is 4.20. The molecule has 2 N–H and O–H groups in total. The maximum absolute atomic E-state index is 4.20. The Hall–Kier alpha value is -1.09. The number of aryl methyl sites for hydroxylation is 1. The van der Waals surface area contributed by atoms with Crippen LogP contribution in [-0.4, -0.2) is 23.6 Å². The summed E-state index contributed by atoms with van der Waals surface area (Å²) in [6.07, 6.45) is 4.36. The van der Waals surface area contributed by atoms with Crippen LogP contribution in [0.25, 0.3) is 0 Å². The predicted octanol–water partition coefficient (Wildman–Crippen LogP) is 1.94. The summed E-state index contributed by atoms with van der Waals surface area (Å²) < 4.78 is 0. The Morgan fingerprint density at radius 2 is 2.40 bits per heavy atom. The Balaban J connectivity index is 2.01. The molecule has 3 nitrogen and oxygen atoms in total. The highest BCUT2D eigenvalue weighted by atomic mass is 15.0. The molecule has 2 atom stereocenters. The molecule has 0 aliphatic carbocycles. The first-order chi connectivity index (χ1) is 7.25. The van der Waals surface area contributed by atoms with Crippen molar-refractivity contribution >= 4 is 5.69 Å². The molecular formula is C12H19N3. The van der Waals surface area contributed by atoms with Gasteiger partial charge in [0.1, 0.15) is 0 Å². The zero-order chi connectivity index (χ0) is 10.7. The molecule has 82 valence electrons. The minimum atomic E-state index is 0.542. The Labute approximate surface area is 91.3 Å². The highest BCUT2D eigenvalue weighted by molar-refractivity contribution is 5.44. The van der Waals surface area contributed by atoms with E-state index in [4.69, 9.17) is 0 Å². The van der Waals surface area contributed by atoms with Gasteiger partial charge in [0.05, 0.1) is 0 Å². The van der Waals surface area contributed by atoms with E-state index in [0.29, 0.717) is 12.1 Å². The topological polar surface area (TPSA) is 37.0 Å². The maximum Gasteiger partial charge on any atom is 0.0412 e. The molecule has 3 heteroatoms. The van der Waals surface area contributed by atoms with Crippen LogP contribution in [0.5, 0.6) is 0 Å². The smallest absolute Gasteiger partial charge is 0.0412 e. The summed E-state index contributed by atoms with van der Waals surface area (Å²) in [6.45, 7) is 5.41. The number of hydrogen-bond acceptors (Lipinski definition) is 3. The van der Waals surface area contributed by atoms with Crippen LogP contribution in [0.1, 0.15) is 25.5 Å². The van der Waals surface area contributed by atoms with Gasteiger partial charge in [0.15, 0.2) is 0 Å². The van der Waals surface area contributed by atoms with E-state index in [2.05, 4.69) is 28.6 Å². The van der Waals surface area contributed by atoms with E-state index >= 15 is 0 Å². The molecule has 0 saturated carbocycles. The monoisotopic (exact) mass is 205 g/mol. The molecule has 15 heavy (non-hydrogen) atoms. The highest BCUT2D eigenvalue weighted by Crippen LogP contribution is 2.15. The number of nitrogens with one attached hydrogen (secondary N) is 2. The van der Waals surface area contributed by atoms with Gasteiger partial charge in [-0.15, -0.1) is 0 Å². The molecule has 1 fully saturated rings. The molecule has 1 aromatic rings. The third kappa shape index (κ3) is 2.69. The Kier molecular flexibility index (Phi) is 3.21. The number of aromatic nitrogens is 1. The van der Waals surface area contributed by atoms with E-state index in [1.54, 1.807) is 0 Å². The van der Waals surface area contributed by atoms with E-state index in [1.165, 1.54) is 18.5 Å². The van der Waals surface area contributed by atoms with Crippen molar-refractivity contribution in [1.29, 1.82) is 0 Å². The third-order valence-corrected chi connectivity index (χ3v) is 3.01. The Morgan fingerprint density at radius 1 is 1.53 bits per heavy atom. The number of piperidine rings is 1. The van der Waals surface area contributed by atoms with E-state index < -0.39 is 0 Å². The van der Waals surface area contributed by atoms with Crippen LogP contribution in [0, 0.1) is 6.92 Å². The van der Waals surface area contributed by atoms with Crippen molar-refractivity contribution in [2.75, 3.05) is 11.9 Å². The van der Waals surface area contributed by atoms with Gasteiger partial charge in [0.25, 0.3) is 0 Å². The van der Waals surface area contributed by atoms with Gasteiger partial charge in [-0.2, -0.15) is 0 Å². The van der Waals surface area contributed by atoms with Gasteiger partial charge >= 0.3 is 0 Å².